The zero-order chi connectivity index (χ0) is 10.7. The van der Waals surface area contributed by atoms with Gasteiger partial charge in [-0.3, -0.25) is 4.79 Å². The Bertz CT molecular complexity index is 364. The number of halogens is 2. The lowest BCUT2D eigenvalue weighted by Crippen LogP contribution is -2.00. The maximum atomic E-state index is 13.1. The molecule has 0 N–H and O–H groups in total. The van der Waals surface area contributed by atoms with Crippen LogP contribution >= 0.6 is 0 Å². The van der Waals surface area contributed by atoms with Crippen molar-refractivity contribution in [2.75, 3.05) is 14.2 Å². The Kier molecular flexibility index (Phi) is 3.01. The van der Waals surface area contributed by atoms with Crippen LogP contribution in [0.3, 0.4) is 0 Å². The van der Waals surface area contributed by atoms with Gasteiger partial charge in [-0.25, -0.2) is 4.39 Å². The van der Waals surface area contributed by atoms with E-state index in [0.717, 1.165) is 13.2 Å². The topological polar surface area (TPSA) is 35.5 Å². The van der Waals surface area contributed by atoms with Crippen molar-refractivity contribution in [2.45, 2.75) is 0 Å². The standard InChI is InChI=1S/C9H8F2O3/c1-13-8-5(4-12)3-6(10)7(11)9(8)14-2/h3-4H,1-2H3. The Morgan fingerprint density at radius 1 is 1.21 bits per heavy atom. The Balaban J connectivity index is 3.49. The minimum absolute atomic E-state index is 0.0942. The van der Waals surface area contributed by atoms with Gasteiger partial charge < -0.3 is 9.47 Å². The molecule has 0 unspecified atom stereocenters. The number of hydrogen-bond donors (Lipinski definition) is 0. The summed E-state index contributed by atoms with van der Waals surface area (Å²) >= 11 is 0. The van der Waals surface area contributed by atoms with Crippen LogP contribution in [0.4, 0.5) is 8.78 Å². The molecule has 0 saturated carbocycles. The predicted molar refractivity (Wildman–Crippen MR) is 44.8 cm³/mol. The normalized spacial score (nSPS) is 9.71. The van der Waals surface area contributed by atoms with Crippen LogP contribution in [-0.2, 0) is 0 Å². The molecular weight excluding hydrogens is 194 g/mol. The van der Waals surface area contributed by atoms with Gasteiger partial charge in [-0.2, -0.15) is 4.39 Å². The molecule has 0 atom stereocenters. The Labute approximate surface area is 79.2 Å². The molecule has 76 valence electrons. The number of carbonyl (C=O) groups excluding carboxylic acids is 1. The first-order valence-corrected chi connectivity index (χ1v) is 3.70. The maximum absolute atomic E-state index is 13.1. The van der Waals surface area contributed by atoms with Crippen molar-refractivity contribution in [3.8, 4) is 11.5 Å². The van der Waals surface area contributed by atoms with Crippen molar-refractivity contribution < 1.29 is 23.0 Å². The molecule has 0 amide bonds. The molecule has 0 fully saturated rings. The third-order valence-electron chi connectivity index (χ3n) is 1.69. The summed E-state index contributed by atoms with van der Waals surface area (Å²) in [4.78, 5) is 10.5. The van der Waals surface area contributed by atoms with E-state index in [4.69, 9.17) is 4.74 Å². The molecule has 0 aliphatic rings. The number of ether oxygens (including phenoxy) is 2. The van der Waals surface area contributed by atoms with Crippen LogP contribution < -0.4 is 9.47 Å². The summed E-state index contributed by atoms with van der Waals surface area (Å²) in [5.74, 6) is -2.84. The number of carbonyl (C=O) groups is 1. The summed E-state index contributed by atoms with van der Waals surface area (Å²) < 4.78 is 35.3. The third-order valence-corrected chi connectivity index (χ3v) is 1.69. The van der Waals surface area contributed by atoms with E-state index in [1.807, 2.05) is 0 Å². The maximum Gasteiger partial charge on any atom is 0.204 e. The van der Waals surface area contributed by atoms with Gasteiger partial charge in [0.1, 0.15) is 0 Å². The minimum atomic E-state index is -1.17. The molecule has 1 aromatic carbocycles. The molecule has 5 heteroatoms. The first-order chi connectivity index (χ1) is 6.65. The van der Waals surface area contributed by atoms with E-state index in [9.17, 15) is 13.6 Å². The van der Waals surface area contributed by atoms with E-state index < -0.39 is 17.4 Å². The lowest BCUT2D eigenvalue weighted by atomic mass is 10.2. The van der Waals surface area contributed by atoms with Gasteiger partial charge in [0, 0.05) is 0 Å². The molecule has 14 heavy (non-hydrogen) atoms. The summed E-state index contributed by atoms with van der Waals surface area (Å²) in [5.41, 5.74) is -0.0942. The quantitative estimate of drug-likeness (QED) is 0.701. The van der Waals surface area contributed by atoms with E-state index in [0.29, 0.717) is 6.29 Å². The van der Waals surface area contributed by atoms with E-state index in [2.05, 4.69) is 4.74 Å². The fourth-order valence-corrected chi connectivity index (χ4v) is 1.09. The zero-order valence-electron chi connectivity index (χ0n) is 7.64. The Morgan fingerprint density at radius 3 is 2.21 bits per heavy atom. The van der Waals surface area contributed by atoms with Crippen LogP contribution in [0.1, 0.15) is 10.4 Å². The number of benzene rings is 1. The van der Waals surface area contributed by atoms with Crippen molar-refractivity contribution in [3.63, 3.8) is 0 Å². The van der Waals surface area contributed by atoms with Gasteiger partial charge in [0.05, 0.1) is 19.8 Å². The van der Waals surface area contributed by atoms with Gasteiger partial charge in [-0.05, 0) is 6.07 Å². The summed E-state index contributed by atoms with van der Waals surface area (Å²) in [5, 5.41) is 0. The molecule has 0 aliphatic heterocycles. The highest BCUT2D eigenvalue weighted by Crippen LogP contribution is 2.34. The molecule has 0 bridgehead atoms. The highest BCUT2D eigenvalue weighted by atomic mass is 19.2. The number of rotatable bonds is 3. The molecule has 0 aromatic heterocycles. The second kappa shape index (κ2) is 4.04. The number of aldehydes is 1. The van der Waals surface area contributed by atoms with Gasteiger partial charge in [0.15, 0.2) is 17.9 Å². The average Bonchev–Trinajstić information content (AvgIpc) is 2.20. The lowest BCUT2D eigenvalue weighted by Gasteiger charge is -2.10. The monoisotopic (exact) mass is 202 g/mol. The first kappa shape index (κ1) is 10.4. The SMILES string of the molecule is COc1c(C=O)cc(F)c(F)c1OC. The van der Waals surface area contributed by atoms with Crippen molar-refractivity contribution in [3.05, 3.63) is 23.3 Å². The van der Waals surface area contributed by atoms with Crippen LogP contribution in [0.15, 0.2) is 6.07 Å². The van der Waals surface area contributed by atoms with E-state index in [1.165, 1.54) is 7.11 Å². The Morgan fingerprint density at radius 2 is 1.79 bits per heavy atom. The third kappa shape index (κ3) is 1.53. The fourth-order valence-electron chi connectivity index (χ4n) is 1.09. The van der Waals surface area contributed by atoms with Crippen LogP contribution in [0.2, 0.25) is 0 Å². The minimum Gasteiger partial charge on any atom is -0.492 e. The van der Waals surface area contributed by atoms with Gasteiger partial charge in [-0.1, -0.05) is 0 Å². The zero-order valence-corrected chi connectivity index (χ0v) is 7.64. The number of hydrogen-bond acceptors (Lipinski definition) is 3. The van der Waals surface area contributed by atoms with E-state index in [1.54, 1.807) is 0 Å². The molecule has 0 saturated heterocycles. The second-order valence-electron chi connectivity index (χ2n) is 2.45. The smallest absolute Gasteiger partial charge is 0.204 e. The van der Waals surface area contributed by atoms with Crippen LogP contribution in [-0.4, -0.2) is 20.5 Å². The average molecular weight is 202 g/mol. The van der Waals surface area contributed by atoms with Gasteiger partial charge in [-0.15, -0.1) is 0 Å². The predicted octanol–water partition coefficient (Wildman–Crippen LogP) is 1.79. The molecular formula is C9H8F2O3. The summed E-state index contributed by atoms with van der Waals surface area (Å²) in [7, 11) is 2.40. The van der Waals surface area contributed by atoms with Crippen molar-refractivity contribution in [2.24, 2.45) is 0 Å². The molecule has 0 radical (unpaired) electrons. The van der Waals surface area contributed by atoms with E-state index in [-0.39, 0.29) is 11.3 Å². The highest BCUT2D eigenvalue weighted by Gasteiger charge is 2.19. The van der Waals surface area contributed by atoms with Crippen molar-refractivity contribution in [1.29, 1.82) is 0 Å². The Hall–Kier alpha value is -1.65. The van der Waals surface area contributed by atoms with Crippen LogP contribution in [0, 0.1) is 11.6 Å². The first-order valence-electron chi connectivity index (χ1n) is 3.70. The molecule has 1 rings (SSSR count). The second-order valence-corrected chi connectivity index (χ2v) is 2.45. The van der Waals surface area contributed by atoms with Crippen molar-refractivity contribution in [1.82, 2.24) is 0 Å². The summed E-state index contributed by atoms with van der Waals surface area (Å²) in [6.07, 6.45) is 0.365. The van der Waals surface area contributed by atoms with Gasteiger partial charge in [0.25, 0.3) is 0 Å². The molecule has 3 nitrogen and oxygen atoms in total. The number of methoxy groups -OCH3 is 2. The largest absolute Gasteiger partial charge is 0.492 e. The molecule has 0 aliphatic carbocycles. The molecule has 1 aromatic rings. The summed E-state index contributed by atoms with van der Waals surface area (Å²) in [6, 6.07) is 0.754. The van der Waals surface area contributed by atoms with Gasteiger partial charge in [0.2, 0.25) is 11.6 Å². The van der Waals surface area contributed by atoms with Crippen LogP contribution in [0.25, 0.3) is 0 Å². The van der Waals surface area contributed by atoms with Crippen molar-refractivity contribution >= 4 is 6.29 Å². The highest BCUT2D eigenvalue weighted by molar-refractivity contribution is 5.81. The molecule has 0 spiro atoms. The van der Waals surface area contributed by atoms with Gasteiger partial charge >= 0.3 is 0 Å². The molecule has 0 heterocycles. The van der Waals surface area contributed by atoms with E-state index >= 15 is 0 Å². The fraction of sp³-hybridized carbons (Fsp3) is 0.222. The lowest BCUT2D eigenvalue weighted by molar-refractivity contribution is 0.111. The summed E-state index contributed by atoms with van der Waals surface area (Å²) in [6.45, 7) is 0. The van der Waals surface area contributed by atoms with Crippen LogP contribution in [0.5, 0.6) is 11.5 Å².